The van der Waals surface area contributed by atoms with Gasteiger partial charge >= 0.3 is 36.6 Å². The lowest BCUT2D eigenvalue weighted by Crippen LogP contribution is -2.75. The summed E-state index contributed by atoms with van der Waals surface area (Å²) in [6.45, 7) is -0.509. The third kappa shape index (κ3) is 3.94. The molecule has 29 heavy (non-hydrogen) atoms. The molecule has 2 atom stereocenters. The van der Waals surface area contributed by atoms with Crippen LogP contribution in [0.2, 0.25) is 0 Å². The molecule has 0 radical (unpaired) electrons. The quantitative estimate of drug-likeness (QED) is 0.384. The molecule has 1 nitrogen and oxygen atoms in total. The summed E-state index contributed by atoms with van der Waals surface area (Å²) in [6, 6.07) is 0. The highest BCUT2D eigenvalue weighted by Gasteiger charge is 2.87. The van der Waals surface area contributed by atoms with E-state index in [1.54, 1.807) is 0 Å². The summed E-state index contributed by atoms with van der Waals surface area (Å²) in [4.78, 5) is 0. The number of hydrogen-bond donors (Lipinski definition) is 0. The van der Waals surface area contributed by atoms with E-state index in [1.807, 2.05) is 0 Å². The van der Waals surface area contributed by atoms with E-state index in [9.17, 15) is 70.2 Å². The molecule has 0 heterocycles. The third-order valence-corrected chi connectivity index (χ3v) is 3.99. The zero-order chi connectivity index (χ0) is 24.1. The van der Waals surface area contributed by atoms with Gasteiger partial charge < -0.3 is 4.74 Å². The SMILES string of the molecule is CCC(OC(CC)(C(F)(F)F)C(F)(F)C(F)(F)F)(C(F)(F)F)C(F)(F)C(F)(F)F. The molecule has 176 valence electrons. The van der Waals surface area contributed by atoms with E-state index in [-0.39, 0.29) is 13.8 Å². The molecule has 0 bridgehead atoms. The average Bonchev–Trinajstić information content (AvgIpc) is 2.43. The van der Waals surface area contributed by atoms with Crippen molar-refractivity contribution >= 4 is 0 Å². The van der Waals surface area contributed by atoms with Gasteiger partial charge in [-0.2, -0.15) is 70.2 Å². The van der Waals surface area contributed by atoms with Crippen molar-refractivity contribution in [1.29, 1.82) is 0 Å². The molecule has 0 spiro atoms. The van der Waals surface area contributed by atoms with Crippen molar-refractivity contribution in [3.05, 3.63) is 0 Å². The number of hydrogen-bond acceptors (Lipinski definition) is 1. The molecule has 0 fully saturated rings. The minimum Gasteiger partial charge on any atom is -0.338 e. The largest absolute Gasteiger partial charge is 0.456 e. The number of halogens is 16. The summed E-state index contributed by atoms with van der Waals surface area (Å²) < 4.78 is 211. The normalized spacial score (nSPS) is 19.7. The first-order valence-electron chi connectivity index (χ1n) is 7.05. The lowest BCUT2D eigenvalue weighted by Gasteiger charge is -2.49. The fraction of sp³-hybridized carbons (Fsp3) is 1.00. The molecule has 0 saturated heterocycles. The molecular weight excluding hydrogens is 464 g/mol. The van der Waals surface area contributed by atoms with Gasteiger partial charge in [-0.25, -0.2) is 0 Å². The Morgan fingerprint density at radius 2 is 0.621 bits per heavy atom. The van der Waals surface area contributed by atoms with Gasteiger partial charge in [-0.05, 0) is 12.8 Å². The molecule has 0 aliphatic heterocycles. The Bertz CT molecular complexity index is 516. The van der Waals surface area contributed by atoms with E-state index in [0.29, 0.717) is 0 Å². The summed E-state index contributed by atoms with van der Waals surface area (Å²) in [5.74, 6) is -14.7. The molecule has 2 unspecified atom stereocenters. The Kier molecular flexibility index (Phi) is 6.93. The van der Waals surface area contributed by atoms with E-state index >= 15 is 0 Å². The molecule has 0 N–H and O–H groups in total. The number of rotatable bonds is 6. The fourth-order valence-corrected chi connectivity index (χ4v) is 2.34. The molecule has 0 rings (SSSR count). The van der Waals surface area contributed by atoms with E-state index < -0.39 is 60.6 Å². The van der Waals surface area contributed by atoms with Crippen LogP contribution >= 0.6 is 0 Å². The zero-order valence-corrected chi connectivity index (χ0v) is 13.9. The lowest BCUT2D eigenvalue weighted by atomic mass is 9.85. The Balaban J connectivity index is 7.34. The molecule has 0 aromatic heterocycles. The van der Waals surface area contributed by atoms with Crippen LogP contribution in [0, 0.1) is 0 Å². The van der Waals surface area contributed by atoms with Crippen LogP contribution in [0.3, 0.4) is 0 Å². The zero-order valence-electron chi connectivity index (χ0n) is 13.9. The molecule has 0 aromatic rings. The molecule has 0 amide bonds. The second-order valence-corrected chi connectivity index (χ2v) is 5.60. The second kappa shape index (κ2) is 7.21. The summed E-state index contributed by atoms with van der Waals surface area (Å²) in [5.41, 5.74) is -12.9. The van der Waals surface area contributed by atoms with Crippen molar-refractivity contribution in [2.45, 2.75) is 74.4 Å². The van der Waals surface area contributed by atoms with Crippen LogP contribution in [0.1, 0.15) is 26.7 Å². The Hall–Kier alpha value is -1.16. The van der Waals surface area contributed by atoms with E-state index in [2.05, 4.69) is 4.74 Å². The summed E-state index contributed by atoms with van der Waals surface area (Å²) in [6.07, 6.45) is -34.6. The highest BCUT2D eigenvalue weighted by Crippen LogP contribution is 2.61. The van der Waals surface area contributed by atoms with Crippen molar-refractivity contribution in [3.8, 4) is 0 Å². The molecule has 0 saturated carbocycles. The Morgan fingerprint density at radius 3 is 0.724 bits per heavy atom. The van der Waals surface area contributed by atoms with E-state index in [4.69, 9.17) is 0 Å². The smallest absolute Gasteiger partial charge is 0.338 e. The van der Waals surface area contributed by atoms with Gasteiger partial charge in [0.1, 0.15) is 0 Å². The Morgan fingerprint density at radius 1 is 0.414 bits per heavy atom. The first-order chi connectivity index (χ1) is 12.3. The average molecular weight is 474 g/mol. The van der Waals surface area contributed by atoms with Gasteiger partial charge in [0.2, 0.25) is 11.2 Å². The van der Waals surface area contributed by atoms with Crippen LogP contribution in [-0.4, -0.2) is 47.8 Å². The summed E-state index contributed by atoms with van der Waals surface area (Å²) >= 11 is 0. The van der Waals surface area contributed by atoms with Crippen molar-refractivity contribution in [1.82, 2.24) is 0 Å². The first-order valence-corrected chi connectivity index (χ1v) is 7.05. The van der Waals surface area contributed by atoms with Gasteiger partial charge in [0.05, 0.1) is 0 Å². The van der Waals surface area contributed by atoms with Crippen LogP contribution in [0.4, 0.5) is 70.2 Å². The van der Waals surface area contributed by atoms with Crippen molar-refractivity contribution in [2.24, 2.45) is 0 Å². The summed E-state index contributed by atoms with van der Waals surface area (Å²) in [7, 11) is 0. The molecule has 0 aromatic carbocycles. The second-order valence-electron chi connectivity index (χ2n) is 5.60. The van der Waals surface area contributed by atoms with Crippen LogP contribution in [-0.2, 0) is 4.74 Å². The van der Waals surface area contributed by atoms with Crippen LogP contribution in [0.15, 0.2) is 0 Å². The van der Waals surface area contributed by atoms with Crippen LogP contribution in [0.25, 0.3) is 0 Å². The predicted octanol–water partition coefficient (Wildman–Crippen LogP) is 6.82. The first kappa shape index (κ1) is 27.8. The van der Waals surface area contributed by atoms with Crippen molar-refractivity contribution in [3.63, 3.8) is 0 Å². The van der Waals surface area contributed by atoms with Gasteiger partial charge in [-0.3, -0.25) is 0 Å². The molecule has 0 aliphatic carbocycles. The summed E-state index contributed by atoms with van der Waals surface area (Å²) in [5, 5.41) is 0. The highest BCUT2D eigenvalue weighted by atomic mass is 19.4. The molecule has 17 heteroatoms. The number of alkyl halides is 16. The fourth-order valence-electron chi connectivity index (χ4n) is 2.34. The standard InChI is InChI=1S/C12H10F16O/c1-3-5(9(17,18)19,7(13,14)11(23,24)25)29-6(4-2,10(20,21)22)8(15,16)12(26,27)28/h3-4H2,1-2H3. The van der Waals surface area contributed by atoms with Crippen molar-refractivity contribution < 1.29 is 75.0 Å². The lowest BCUT2D eigenvalue weighted by molar-refractivity contribution is -0.486. The predicted molar refractivity (Wildman–Crippen MR) is 61.2 cm³/mol. The van der Waals surface area contributed by atoms with Gasteiger partial charge in [-0.15, -0.1) is 0 Å². The Labute approximate surface area is 151 Å². The molecule has 0 aliphatic rings. The minimum absolute atomic E-state index is 0.254. The van der Waals surface area contributed by atoms with Gasteiger partial charge in [0.15, 0.2) is 0 Å². The van der Waals surface area contributed by atoms with Gasteiger partial charge in [0.25, 0.3) is 0 Å². The van der Waals surface area contributed by atoms with Crippen molar-refractivity contribution in [2.75, 3.05) is 0 Å². The molecular formula is C12H10F16O. The maximum atomic E-state index is 13.6. The number of ether oxygens (including phenoxy) is 1. The van der Waals surface area contributed by atoms with E-state index in [0.717, 1.165) is 0 Å². The van der Waals surface area contributed by atoms with Crippen LogP contribution < -0.4 is 0 Å². The van der Waals surface area contributed by atoms with Gasteiger partial charge in [-0.1, -0.05) is 13.8 Å². The van der Waals surface area contributed by atoms with Crippen LogP contribution in [0.5, 0.6) is 0 Å². The van der Waals surface area contributed by atoms with E-state index in [1.165, 1.54) is 0 Å². The highest BCUT2D eigenvalue weighted by molar-refractivity contribution is 5.11. The monoisotopic (exact) mass is 474 g/mol. The maximum Gasteiger partial charge on any atom is 0.456 e. The maximum absolute atomic E-state index is 13.6. The third-order valence-electron chi connectivity index (χ3n) is 3.99. The van der Waals surface area contributed by atoms with Gasteiger partial charge in [0, 0.05) is 0 Å². The topological polar surface area (TPSA) is 9.23 Å². The minimum atomic E-state index is -7.35.